The van der Waals surface area contributed by atoms with Crippen molar-refractivity contribution in [2.45, 2.75) is 6.42 Å². The van der Waals surface area contributed by atoms with Crippen molar-refractivity contribution in [3.63, 3.8) is 0 Å². The van der Waals surface area contributed by atoms with Gasteiger partial charge in [-0.2, -0.15) is 4.98 Å². The number of esters is 1. The molecule has 30 heavy (non-hydrogen) atoms. The Morgan fingerprint density at radius 3 is 2.70 bits per heavy atom. The van der Waals surface area contributed by atoms with Crippen LogP contribution in [0.3, 0.4) is 0 Å². The van der Waals surface area contributed by atoms with Crippen LogP contribution in [0.1, 0.15) is 15.9 Å². The van der Waals surface area contributed by atoms with Gasteiger partial charge in [-0.05, 0) is 48.4 Å². The maximum atomic E-state index is 11.6. The van der Waals surface area contributed by atoms with Crippen molar-refractivity contribution in [2.24, 2.45) is 0 Å². The van der Waals surface area contributed by atoms with E-state index in [0.717, 1.165) is 11.8 Å². The molecule has 0 spiro atoms. The van der Waals surface area contributed by atoms with Gasteiger partial charge in [0.05, 0.1) is 17.6 Å². The summed E-state index contributed by atoms with van der Waals surface area (Å²) >= 11 is 5.87. The fourth-order valence-electron chi connectivity index (χ4n) is 2.66. The van der Waals surface area contributed by atoms with Gasteiger partial charge in [-0.15, -0.1) is 0 Å². The third-order valence-electron chi connectivity index (χ3n) is 4.12. The molecule has 0 atom stereocenters. The van der Waals surface area contributed by atoms with Gasteiger partial charge in [-0.1, -0.05) is 23.7 Å². The first-order chi connectivity index (χ1) is 14.5. The normalized spacial score (nSPS) is 10.3. The first kappa shape index (κ1) is 21.0. The van der Waals surface area contributed by atoms with E-state index in [4.69, 9.17) is 16.3 Å². The molecule has 0 aliphatic carbocycles. The average Bonchev–Trinajstić information content (AvgIpc) is 2.75. The molecule has 0 radical (unpaired) electrons. The maximum Gasteiger partial charge on any atom is 0.337 e. The molecule has 0 aliphatic rings. The van der Waals surface area contributed by atoms with Crippen LogP contribution in [-0.2, 0) is 11.2 Å². The first-order valence-corrected chi connectivity index (χ1v) is 9.29. The van der Waals surface area contributed by atoms with Crippen LogP contribution in [0.4, 0.5) is 23.1 Å². The Bertz CT molecular complexity index is 1060. The lowest BCUT2D eigenvalue weighted by Crippen LogP contribution is -2.11. The number of methoxy groups -OCH3 is 1. The topological polar surface area (TPSA) is 119 Å². The highest BCUT2D eigenvalue weighted by Crippen LogP contribution is 2.24. The number of rotatable bonds is 8. The van der Waals surface area contributed by atoms with Crippen LogP contribution in [0.25, 0.3) is 0 Å². The van der Waals surface area contributed by atoms with Gasteiger partial charge in [-0.25, -0.2) is 9.78 Å². The minimum atomic E-state index is -0.549. The third-order valence-corrected chi connectivity index (χ3v) is 4.37. The SMILES string of the molecule is COC(=O)c1cccc(CCNc2nc(Nc3ccc(Cl)cc3)ncc2[N+](=O)[O-])c1. The third kappa shape index (κ3) is 5.42. The van der Waals surface area contributed by atoms with E-state index >= 15 is 0 Å². The highest BCUT2D eigenvalue weighted by molar-refractivity contribution is 6.30. The summed E-state index contributed by atoms with van der Waals surface area (Å²) in [6.45, 7) is 0.364. The molecule has 0 saturated carbocycles. The predicted octanol–water partition coefficient (Wildman–Crippen LogP) is 4.22. The number of nitro groups is 1. The summed E-state index contributed by atoms with van der Waals surface area (Å²) in [6, 6.07) is 13.9. The van der Waals surface area contributed by atoms with Crippen molar-refractivity contribution in [2.75, 3.05) is 24.3 Å². The minimum Gasteiger partial charge on any atom is -0.465 e. The fraction of sp³-hybridized carbons (Fsp3) is 0.150. The number of nitrogens with one attached hydrogen (secondary N) is 2. The summed E-state index contributed by atoms with van der Waals surface area (Å²) < 4.78 is 4.71. The lowest BCUT2D eigenvalue weighted by molar-refractivity contribution is -0.384. The van der Waals surface area contributed by atoms with Crippen LogP contribution in [0.15, 0.2) is 54.7 Å². The van der Waals surface area contributed by atoms with E-state index in [-0.39, 0.29) is 17.5 Å². The molecule has 3 rings (SSSR count). The Kier molecular flexibility index (Phi) is 6.76. The fourth-order valence-corrected chi connectivity index (χ4v) is 2.78. The zero-order chi connectivity index (χ0) is 21.5. The van der Waals surface area contributed by atoms with Gasteiger partial charge in [-0.3, -0.25) is 10.1 Å². The zero-order valence-corrected chi connectivity index (χ0v) is 16.7. The predicted molar refractivity (Wildman–Crippen MR) is 113 cm³/mol. The van der Waals surface area contributed by atoms with Crippen molar-refractivity contribution in [1.82, 2.24) is 9.97 Å². The molecule has 0 aliphatic heterocycles. The van der Waals surface area contributed by atoms with Crippen LogP contribution < -0.4 is 10.6 Å². The molecule has 0 amide bonds. The van der Waals surface area contributed by atoms with E-state index < -0.39 is 10.9 Å². The van der Waals surface area contributed by atoms with Crippen LogP contribution in [0.5, 0.6) is 0 Å². The first-order valence-electron chi connectivity index (χ1n) is 8.91. The minimum absolute atomic E-state index is 0.0931. The van der Waals surface area contributed by atoms with E-state index in [0.29, 0.717) is 29.2 Å². The number of hydrogen-bond donors (Lipinski definition) is 2. The molecule has 1 heterocycles. The van der Waals surface area contributed by atoms with Gasteiger partial charge < -0.3 is 15.4 Å². The maximum absolute atomic E-state index is 11.6. The molecule has 0 fully saturated rings. The van der Waals surface area contributed by atoms with Crippen LogP contribution >= 0.6 is 11.6 Å². The van der Waals surface area contributed by atoms with Gasteiger partial charge in [0.2, 0.25) is 11.8 Å². The molecule has 0 bridgehead atoms. The Hall–Kier alpha value is -3.72. The van der Waals surface area contributed by atoms with Crippen molar-refractivity contribution in [3.8, 4) is 0 Å². The largest absolute Gasteiger partial charge is 0.465 e. The second-order valence-corrected chi connectivity index (χ2v) is 6.62. The second-order valence-electron chi connectivity index (χ2n) is 6.19. The van der Waals surface area contributed by atoms with Gasteiger partial charge in [0.1, 0.15) is 6.20 Å². The van der Waals surface area contributed by atoms with E-state index in [2.05, 4.69) is 20.6 Å². The van der Waals surface area contributed by atoms with Crippen LogP contribution in [-0.4, -0.2) is 34.5 Å². The van der Waals surface area contributed by atoms with Crippen LogP contribution in [0.2, 0.25) is 5.02 Å². The number of carbonyl (C=O) groups is 1. The number of ether oxygens (including phenoxy) is 1. The van der Waals surface area contributed by atoms with E-state index in [9.17, 15) is 14.9 Å². The van der Waals surface area contributed by atoms with E-state index in [1.54, 1.807) is 42.5 Å². The monoisotopic (exact) mass is 427 g/mol. The zero-order valence-electron chi connectivity index (χ0n) is 16.0. The molecule has 0 saturated heterocycles. The smallest absolute Gasteiger partial charge is 0.337 e. The van der Waals surface area contributed by atoms with Gasteiger partial charge >= 0.3 is 11.7 Å². The molecule has 3 aromatic rings. The van der Waals surface area contributed by atoms with Gasteiger partial charge in [0.15, 0.2) is 0 Å². The number of carbonyl (C=O) groups excluding carboxylic acids is 1. The molecule has 154 valence electrons. The quantitative estimate of drug-likeness (QED) is 0.311. The lowest BCUT2D eigenvalue weighted by atomic mass is 10.1. The average molecular weight is 428 g/mol. The van der Waals surface area contributed by atoms with Gasteiger partial charge in [0, 0.05) is 17.3 Å². The molecule has 2 aromatic carbocycles. The number of anilines is 3. The Labute approximate surface area is 177 Å². The lowest BCUT2D eigenvalue weighted by Gasteiger charge is -2.10. The Balaban J connectivity index is 1.71. The summed E-state index contributed by atoms with van der Waals surface area (Å²) in [6.07, 6.45) is 1.66. The Morgan fingerprint density at radius 2 is 2.00 bits per heavy atom. The Morgan fingerprint density at radius 1 is 1.23 bits per heavy atom. The molecule has 0 unspecified atom stereocenters. The van der Waals surface area contributed by atoms with Gasteiger partial charge in [0.25, 0.3) is 0 Å². The van der Waals surface area contributed by atoms with Crippen molar-refractivity contribution in [1.29, 1.82) is 0 Å². The summed E-state index contributed by atoms with van der Waals surface area (Å²) in [4.78, 5) is 30.6. The number of nitrogens with zero attached hydrogens (tertiary/aromatic N) is 3. The molecule has 2 N–H and O–H groups in total. The van der Waals surface area contributed by atoms with E-state index in [1.165, 1.54) is 7.11 Å². The summed E-state index contributed by atoms with van der Waals surface area (Å²) in [5.41, 5.74) is 1.78. The summed E-state index contributed by atoms with van der Waals surface area (Å²) in [7, 11) is 1.32. The van der Waals surface area contributed by atoms with E-state index in [1.807, 2.05) is 6.07 Å². The molecule has 9 nitrogen and oxygen atoms in total. The molecule has 10 heteroatoms. The van der Waals surface area contributed by atoms with Crippen molar-refractivity contribution < 1.29 is 14.5 Å². The van der Waals surface area contributed by atoms with Crippen LogP contribution in [0, 0.1) is 10.1 Å². The number of benzene rings is 2. The number of halogens is 1. The summed E-state index contributed by atoms with van der Waals surface area (Å²) in [5, 5.41) is 17.8. The number of hydrogen-bond acceptors (Lipinski definition) is 8. The molecular formula is C20H18ClN5O4. The van der Waals surface area contributed by atoms with Crippen molar-refractivity contribution in [3.05, 3.63) is 81.0 Å². The number of aromatic nitrogens is 2. The molecular weight excluding hydrogens is 410 g/mol. The standard InChI is InChI=1S/C20H18ClN5O4/c1-30-19(27)14-4-2-3-13(11-14)9-10-22-18-17(26(28)29)12-23-20(25-18)24-16-7-5-15(21)6-8-16/h2-8,11-12H,9-10H2,1H3,(H2,22,23,24,25). The highest BCUT2D eigenvalue weighted by Gasteiger charge is 2.17. The molecule has 1 aromatic heterocycles. The van der Waals surface area contributed by atoms with Crippen molar-refractivity contribution >= 4 is 40.7 Å². The summed E-state index contributed by atoms with van der Waals surface area (Å²) in [5.74, 6) is -0.122. The second kappa shape index (κ2) is 9.66. The highest BCUT2D eigenvalue weighted by atomic mass is 35.5.